The van der Waals surface area contributed by atoms with Gasteiger partial charge in [-0.25, -0.2) is 0 Å². The molecule has 6 nitrogen and oxygen atoms in total. The number of esters is 1. The summed E-state index contributed by atoms with van der Waals surface area (Å²) >= 11 is 0. The Hall–Kier alpha value is -1.76. The summed E-state index contributed by atoms with van der Waals surface area (Å²) < 4.78 is 15.7. The van der Waals surface area contributed by atoms with Crippen LogP contribution in [-0.2, 0) is 29.5 Å². The minimum atomic E-state index is -1.22. The van der Waals surface area contributed by atoms with Crippen LogP contribution in [0.5, 0.6) is 0 Å². The van der Waals surface area contributed by atoms with Crippen molar-refractivity contribution in [3.05, 3.63) is 35.9 Å². The molecule has 2 rings (SSSR count). The Morgan fingerprint density at radius 2 is 2.00 bits per heavy atom. The smallest absolute Gasteiger partial charge is 0.305 e. The molecule has 1 heterocycles. The van der Waals surface area contributed by atoms with E-state index >= 15 is 0 Å². The monoisotopic (exact) mass is 307 g/mol. The minimum Gasteiger partial charge on any atom is -0.469 e. The van der Waals surface area contributed by atoms with Crippen LogP contribution < -0.4 is 5.32 Å². The molecule has 0 aromatic heterocycles. The van der Waals surface area contributed by atoms with Gasteiger partial charge >= 0.3 is 5.97 Å². The van der Waals surface area contributed by atoms with E-state index in [-0.39, 0.29) is 24.7 Å². The molecule has 1 fully saturated rings. The predicted octanol–water partition coefficient (Wildman–Crippen LogP) is 0.996. The number of carbonyl (C=O) groups excluding carboxylic acids is 2. The van der Waals surface area contributed by atoms with Gasteiger partial charge in [0.15, 0.2) is 5.78 Å². The van der Waals surface area contributed by atoms with Gasteiger partial charge in [-0.1, -0.05) is 30.3 Å². The Labute approximate surface area is 129 Å². The van der Waals surface area contributed by atoms with Gasteiger partial charge in [-0.2, -0.15) is 0 Å². The molecule has 0 radical (unpaired) electrons. The van der Waals surface area contributed by atoms with E-state index in [1.54, 1.807) is 7.11 Å². The van der Waals surface area contributed by atoms with Crippen LogP contribution in [-0.4, -0.2) is 45.2 Å². The Kier molecular flexibility index (Phi) is 5.65. The summed E-state index contributed by atoms with van der Waals surface area (Å²) in [6.45, 7) is 0.901. The summed E-state index contributed by atoms with van der Waals surface area (Å²) in [7, 11) is 2.89. The molecule has 0 saturated carbocycles. The summed E-state index contributed by atoms with van der Waals surface area (Å²) in [5, 5.41) is 3.16. The first-order valence-electron chi connectivity index (χ1n) is 7.20. The van der Waals surface area contributed by atoms with Crippen LogP contribution in [0.4, 0.5) is 0 Å². The summed E-state index contributed by atoms with van der Waals surface area (Å²) in [5.41, 5.74) is -0.498. The van der Waals surface area contributed by atoms with Gasteiger partial charge in [-0.05, 0) is 0 Å². The highest BCUT2D eigenvalue weighted by Crippen LogP contribution is 2.31. The zero-order valence-electron chi connectivity index (χ0n) is 12.8. The predicted molar refractivity (Wildman–Crippen MR) is 79.1 cm³/mol. The van der Waals surface area contributed by atoms with E-state index in [4.69, 9.17) is 9.47 Å². The molecule has 1 aliphatic heterocycles. The number of ether oxygens (including phenoxy) is 3. The minimum absolute atomic E-state index is 0.0316. The molecule has 1 saturated heterocycles. The Morgan fingerprint density at radius 3 is 2.64 bits per heavy atom. The Balaban J connectivity index is 2.20. The lowest BCUT2D eigenvalue weighted by Crippen LogP contribution is -2.46. The molecular formula is C16H21NO5. The second kappa shape index (κ2) is 7.49. The highest BCUT2D eigenvalue weighted by atomic mass is 16.6. The van der Waals surface area contributed by atoms with Crippen LogP contribution in [0.1, 0.15) is 18.4 Å². The lowest BCUT2D eigenvalue weighted by Gasteiger charge is -2.28. The Bertz CT molecular complexity index is 519. The van der Waals surface area contributed by atoms with E-state index in [1.165, 1.54) is 7.11 Å². The normalized spacial score (nSPS) is 24.2. The van der Waals surface area contributed by atoms with Crippen LogP contribution in [0.3, 0.4) is 0 Å². The second-order valence-electron chi connectivity index (χ2n) is 5.12. The fraction of sp³-hybridized carbons (Fsp3) is 0.500. The van der Waals surface area contributed by atoms with Gasteiger partial charge < -0.3 is 14.2 Å². The van der Waals surface area contributed by atoms with Crippen molar-refractivity contribution in [3.63, 3.8) is 0 Å². The third-order valence-electron chi connectivity index (χ3n) is 3.63. The number of methoxy groups -OCH3 is 2. The molecule has 1 aromatic rings. The highest BCUT2D eigenvalue weighted by molar-refractivity contribution is 5.90. The zero-order valence-corrected chi connectivity index (χ0v) is 12.8. The van der Waals surface area contributed by atoms with Gasteiger partial charge in [0.1, 0.15) is 0 Å². The standard InChI is InChI=1S/C16H21NO5/c1-20-11-13-10-17-16(22-13,12-6-4-3-5-7-12)14(18)8-9-15(19)21-2/h3-7,13,17H,8-11H2,1-2H3. The summed E-state index contributed by atoms with van der Waals surface area (Å²) in [6, 6.07) is 9.23. The van der Waals surface area contributed by atoms with E-state index in [0.29, 0.717) is 13.2 Å². The quantitative estimate of drug-likeness (QED) is 0.758. The van der Waals surface area contributed by atoms with E-state index in [9.17, 15) is 9.59 Å². The second-order valence-corrected chi connectivity index (χ2v) is 5.12. The number of nitrogens with one attached hydrogen (secondary N) is 1. The van der Waals surface area contributed by atoms with Crippen molar-refractivity contribution >= 4 is 11.8 Å². The van der Waals surface area contributed by atoms with Crippen molar-refractivity contribution in [1.82, 2.24) is 5.32 Å². The third-order valence-corrected chi connectivity index (χ3v) is 3.63. The van der Waals surface area contributed by atoms with Crippen molar-refractivity contribution in [2.24, 2.45) is 0 Å². The molecule has 120 valence electrons. The molecule has 0 bridgehead atoms. The lowest BCUT2D eigenvalue weighted by atomic mass is 9.95. The van der Waals surface area contributed by atoms with Crippen molar-refractivity contribution in [2.75, 3.05) is 27.4 Å². The number of Topliss-reactive ketones (excluding diaryl/α,β-unsaturated/α-hetero) is 1. The van der Waals surface area contributed by atoms with Crippen molar-refractivity contribution < 1.29 is 23.8 Å². The molecule has 1 N–H and O–H groups in total. The average Bonchev–Trinajstić information content (AvgIpc) is 2.98. The van der Waals surface area contributed by atoms with Crippen LogP contribution in [0.15, 0.2) is 30.3 Å². The maximum atomic E-state index is 12.7. The molecule has 2 atom stereocenters. The SMILES string of the molecule is COCC1CNC(C(=O)CCC(=O)OC)(c2ccccc2)O1. The molecular weight excluding hydrogens is 286 g/mol. The van der Waals surface area contributed by atoms with Crippen LogP contribution in [0.2, 0.25) is 0 Å². The van der Waals surface area contributed by atoms with Gasteiger partial charge in [0.25, 0.3) is 0 Å². The largest absolute Gasteiger partial charge is 0.469 e. The van der Waals surface area contributed by atoms with Crippen LogP contribution in [0, 0.1) is 0 Å². The summed E-state index contributed by atoms with van der Waals surface area (Å²) in [5.74, 6) is -0.606. The molecule has 1 aromatic carbocycles. The van der Waals surface area contributed by atoms with E-state index < -0.39 is 11.7 Å². The third kappa shape index (κ3) is 3.52. The lowest BCUT2D eigenvalue weighted by molar-refractivity contribution is -0.152. The first-order valence-corrected chi connectivity index (χ1v) is 7.20. The summed E-state index contributed by atoms with van der Waals surface area (Å²) in [4.78, 5) is 24.0. The van der Waals surface area contributed by atoms with E-state index in [1.807, 2.05) is 30.3 Å². The number of hydrogen-bond donors (Lipinski definition) is 1. The first kappa shape index (κ1) is 16.6. The highest BCUT2D eigenvalue weighted by Gasteiger charge is 2.47. The molecule has 0 spiro atoms. The van der Waals surface area contributed by atoms with Gasteiger partial charge in [0.05, 0.1) is 26.2 Å². The fourth-order valence-corrected chi connectivity index (χ4v) is 2.53. The zero-order chi connectivity index (χ0) is 16.0. The molecule has 6 heteroatoms. The average molecular weight is 307 g/mol. The van der Waals surface area contributed by atoms with Gasteiger partial charge in [-0.15, -0.1) is 0 Å². The van der Waals surface area contributed by atoms with E-state index in [2.05, 4.69) is 10.1 Å². The molecule has 22 heavy (non-hydrogen) atoms. The van der Waals surface area contributed by atoms with Gasteiger partial charge in [-0.3, -0.25) is 14.9 Å². The number of rotatable bonds is 7. The number of carbonyl (C=O) groups is 2. The number of ketones is 1. The van der Waals surface area contributed by atoms with Gasteiger partial charge in [0.2, 0.25) is 5.72 Å². The Morgan fingerprint density at radius 1 is 1.27 bits per heavy atom. The first-order chi connectivity index (χ1) is 10.6. The molecule has 0 amide bonds. The van der Waals surface area contributed by atoms with Crippen LogP contribution in [0.25, 0.3) is 0 Å². The molecule has 2 unspecified atom stereocenters. The molecule has 1 aliphatic rings. The van der Waals surface area contributed by atoms with Crippen molar-refractivity contribution in [2.45, 2.75) is 24.7 Å². The molecule has 0 aliphatic carbocycles. The number of benzene rings is 1. The maximum Gasteiger partial charge on any atom is 0.305 e. The summed E-state index contributed by atoms with van der Waals surface area (Å²) in [6.07, 6.45) is -0.134. The van der Waals surface area contributed by atoms with Crippen molar-refractivity contribution in [1.29, 1.82) is 0 Å². The topological polar surface area (TPSA) is 73.9 Å². The van der Waals surface area contributed by atoms with E-state index in [0.717, 1.165) is 5.56 Å². The van der Waals surface area contributed by atoms with Crippen LogP contribution >= 0.6 is 0 Å². The van der Waals surface area contributed by atoms with Gasteiger partial charge in [0, 0.05) is 25.6 Å². The maximum absolute atomic E-state index is 12.7. The van der Waals surface area contributed by atoms with Crippen molar-refractivity contribution in [3.8, 4) is 0 Å². The number of hydrogen-bond acceptors (Lipinski definition) is 6. The fourth-order valence-electron chi connectivity index (χ4n) is 2.53.